The fourth-order valence-electron chi connectivity index (χ4n) is 2.41. The maximum atomic E-state index is 4.01. The van der Waals surface area contributed by atoms with Crippen LogP contribution < -0.4 is 0 Å². The van der Waals surface area contributed by atoms with E-state index in [1.165, 1.54) is 12.2 Å². The Morgan fingerprint density at radius 3 is 2.94 bits per heavy atom. The molecule has 0 saturated carbocycles. The summed E-state index contributed by atoms with van der Waals surface area (Å²) in [4.78, 5) is 4.99. The van der Waals surface area contributed by atoms with E-state index in [0.717, 1.165) is 19.6 Å². The monoisotopic (exact) mass is 222 g/mol. The average molecular weight is 222 g/mol. The molecular formula is C12H22N4. The molecule has 1 fully saturated rings. The molecule has 0 aromatic carbocycles. The van der Waals surface area contributed by atoms with Crippen LogP contribution in [0.2, 0.25) is 0 Å². The second-order valence-corrected chi connectivity index (χ2v) is 5.13. The lowest BCUT2D eigenvalue weighted by Gasteiger charge is -2.42. The van der Waals surface area contributed by atoms with Crippen molar-refractivity contribution in [2.24, 2.45) is 5.92 Å². The number of aromatic amines is 1. The molecule has 1 aliphatic heterocycles. The molecule has 2 rings (SSSR count). The van der Waals surface area contributed by atoms with Crippen LogP contribution in [0.5, 0.6) is 0 Å². The quantitative estimate of drug-likeness (QED) is 0.834. The molecule has 0 radical (unpaired) electrons. The van der Waals surface area contributed by atoms with Crippen LogP contribution in [0.1, 0.15) is 19.5 Å². The first-order valence-electron chi connectivity index (χ1n) is 6.07. The number of H-pyrrole nitrogens is 1. The first-order chi connectivity index (χ1) is 7.66. The zero-order valence-electron chi connectivity index (χ0n) is 10.5. The molecule has 4 nitrogen and oxygen atoms in total. The highest BCUT2D eigenvalue weighted by Gasteiger charge is 2.27. The van der Waals surface area contributed by atoms with Crippen LogP contribution in [0.15, 0.2) is 12.3 Å². The maximum absolute atomic E-state index is 4.01. The third kappa shape index (κ3) is 2.62. The van der Waals surface area contributed by atoms with Gasteiger partial charge >= 0.3 is 0 Å². The third-order valence-corrected chi connectivity index (χ3v) is 3.44. The Balaban J connectivity index is 2.01. The van der Waals surface area contributed by atoms with E-state index in [4.69, 9.17) is 0 Å². The zero-order chi connectivity index (χ0) is 11.5. The highest BCUT2D eigenvalue weighted by atomic mass is 15.3. The van der Waals surface area contributed by atoms with Gasteiger partial charge in [-0.1, -0.05) is 13.8 Å². The second kappa shape index (κ2) is 4.97. The number of hydrogen-bond donors (Lipinski definition) is 1. The molecule has 0 bridgehead atoms. The molecule has 0 unspecified atom stereocenters. The smallest absolute Gasteiger partial charge is 0.0492 e. The SMILES string of the molecule is CC(C)[C@@H]1CN(C)CCN1Cc1ccn[nH]1. The van der Waals surface area contributed by atoms with Gasteiger partial charge in [0.2, 0.25) is 0 Å². The fourth-order valence-corrected chi connectivity index (χ4v) is 2.41. The first-order valence-corrected chi connectivity index (χ1v) is 6.07. The predicted octanol–water partition coefficient (Wildman–Crippen LogP) is 1.18. The Bertz CT molecular complexity index is 307. The van der Waals surface area contributed by atoms with Gasteiger partial charge in [-0.3, -0.25) is 10.00 Å². The standard InChI is InChI=1S/C12H22N4/c1-10(2)12-9-15(3)6-7-16(12)8-11-4-5-13-14-11/h4-5,10,12H,6-9H2,1-3H3,(H,13,14)/t12-/m0/s1. The number of aromatic nitrogens is 2. The van der Waals surface area contributed by atoms with E-state index in [0.29, 0.717) is 12.0 Å². The predicted molar refractivity (Wildman–Crippen MR) is 65.1 cm³/mol. The summed E-state index contributed by atoms with van der Waals surface area (Å²) in [6.07, 6.45) is 1.83. The molecule has 0 spiro atoms. The van der Waals surface area contributed by atoms with E-state index in [1.54, 1.807) is 0 Å². The van der Waals surface area contributed by atoms with Crippen molar-refractivity contribution in [1.82, 2.24) is 20.0 Å². The molecule has 16 heavy (non-hydrogen) atoms. The molecule has 1 aromatic rings. The summed E-state index contributed by atoms with van der Waals surface area (Å²) in [7, 11) is 2.21. The van der Waals surface area contributed by atoms with E-state index in [-0.39, 0.29) is 0 Å². The van der Waals surface area contributed by atoms with Crippen LogP contribution in [0, 0.1) is 5.92 Å². The van der Waals surface area contributed by atoms with E-state index in [9.17, 15) is 0 Å². The lowest BCUT2D eigenvalue weighted by atomic mass is 9.99. The molecule has 1 saturated heterocycles. The van der Waals surface area contributed by atoms with Gasteiger partial charge in [0, 0.05) is 44.1 Å². The Labute approximate surface area is 97.6 Å². The minimum Gasteiger partial charge on any atom is -0.304 e. The van der Waals surface area contributed by atoms with Gasteiger partial charge in [0.1, 0.15) is 0 Å². The number of nitrogens with one attached hydrogen (secondary N) is 1. The first kappa shape index (κ1) is 11.6. The van der Waals surface area contributed by atoms with Crippen molar-refractivity contribution in [3.8, 4) is 0 Å². The molecule has 0 amide bonds. The lowest BCUT2D eigenvalue weighted by Crippen LogP contribution is -2.53. The Kier molecular flexibility index (Phi) is 3.61. The summed E-state index contributed by atoms with van der Waals surface area (Å²) in [6, 6.07) is 2.72. The summed E-state index contributed by atoms with van der Waals surface area (Å²) in [5, 5.41) is 7.06. The van der Waals surface area contributed by atoms with Crippen LogP contribution >= 0.6 is 0 Å². The zero-order valence-corrected chi connectivity index (χ0v) is 10.5. The topological polar surface area (TPSA) is 35.2 Å². The summed E-state index contributed by atoms with van der Waals surface area (Å²) in [5.41, 5.74) is 1.22. The van der Waals surface area contributed by atoms with Crippen molar-refractivity contribution in [1.29, 1.82) is 0 Å². The van der Waals surface area contributed by atoms with Gasteiger partial charge < -0.3 is 4.90 Å². The van der Waals surface area contributed by atoms with Crippen LogP contribution in [0.3, 0.4) is 0 Å². The molecule has 4 heteroatoms. The van der Waals surface area contributed by atoms with Gasteiger partial charge in [0.05, 0.1) is 0 Å². The van der Waals surface area contributed by atoms with Gasteiger partial charge in [-0.25, -0.2) is 0 Å². The van der Waals surface area contributed by atoms with Crippen LogP contribution in [-0.4, -0.2) is 52.7 Å². The van der Waals surface area contributed by atoms with Crippen molar-refractivity contribution >= 4 is 0 Å². The summed E-state index contributed by atoms with van der Waals surface area (Å²) in [6.45, 7) is 9.10. The van der Waals surface area contributed by atoms with Crippen LogP contribution in [0.4, 0.5) is 0 Å². The van der Waals surface area contributed by atoms with Gasteiger partial charge in [0.25, 0.3) is 0 Å². The molecule has 1 aromatic heterocycles. The van der Waals surface area contributed by atoms with Gasteiger partial charge in [-0.05, 0) is 19.0 Å². The van der Waals surface area contributed by atoms with Gasteiger partial charge in [-0.2, -0.15) is 5.10 Å². The van der Waals surface area contributed by atoms with E-state index >= 15 is 0 Å². The molecular weight excluding hydrogens is 200 g/mol. The van der Waals surface area contributed by atoms with Crippen LogP contribution in [-0.2, 0) is 6.54 Å². The van der Waals surface area contributed by atoms with Crippen molar-refractivity contribution in [2.45, 2.75) is 26.4 Å². The Morgan fingerprint density at radius 2 is 2.31 bits per heavy atom. The van der Waals surface area contributed by atoms with Crippen LogP contribution in [0.25, 0.3) is 0 Å². The minimum absolute atomic E-state index is 0.655. The molecule has 1 atom stereocenters. The molecule has 2 heterocycles. The average Bonchev–Trinajstić information content (AvgIpc) is 2.73. The summed E-state index contributed by atoms with van der Waals surface area (Å²) >= 11 is 0. The minimum atomic E-state index is 0.655. The molecule has 1 aliphatic rings. The molecule has 0 aliphatic carbocycles. The van der Waals surface area contributed by atoms with Crippen molar-refractivity contribution in [3.63, 3.8) is 0 Å². The Hall–Kier alpha value is -0.870. The molecule has 1 N–H and O–H groups in total. The van der Waals surface area contributed by atoms with E-state index in [1.807, 2.05) is 6.20 Å². The summed E-state index contributed by atoms with van der Waals surface area (Å²) in [5.74, 6) is 0.700. The largest absolute Gasteiger partial charge is 0.304 e. The number of nitrogens with zero attached hydrogens (tertiary/aromatic N) is 3. The number of hydrogen-bond acceptors (Lipinski definition) is 3. The Morgan fingerprint density at radius 1 is 1.50 bits per heavy atom. The highest BCUT2D eigenvalue weighted by molar-refractivity contribution is 4.99. The fraction of sp³-hybridized carbons (Fsp3) is 0.750. The van der Waals surface area contributed by atoms with Gasteiger partial charge in [-0.15, -0.1) is 0 Å². The molecule has 90 valence electrons. The summed E-state index contributed by atoms with van der Waals surface area (Å²) < 4.78 is 0. The van der Waals surface area contributed by atoms with Crippen molar-refractivity contribution < 1.29 is 0 Å². The van der Waals surface area contributed by atoms with E-state index in [2.05, 4.69) is 47.0 Å². The third-order valence-electron chi connectivity index (χ3n) is 3.44. The van der Waals surface area contributed by atoms with E-state index < -0.39 is 0 Å². The van der Waals surface area contributed by atoms with Crippen molar-refractivity contribution in [2.75, 3.05) is 26.7 Å². The second-order valence-electron chi connectivity index (χ2n) is 5.13. The van der Waals surface area contributed by atoms with Crippen molar-refractivity contribution in [3.05, 3.63) is 18.0 Å². The lowest BCUT2D eigenvalue weighted by molar-refractivity contribution is 0.0561. The normalized spacial score (nSPS) is 24.1. The number of piperazine rings is 1. The maximum Gasteiger partial charge on any atom is 0.0492 e. The van der Waals surface area contributed by atoms with Gasteiger partial charge in [0.15, 0.2) is 0 Å². The highest BCUT2D eigenvalue weighted by Crippen LogP contribution is 2.18. The number of likely N-dealkylation sites (N-methyl/N-ethyl adjacent to an activating group) is 1. The number of rotatable bonds is 3.